The number of amides is 1. The highest BCUT2D eigenvalue weighted by Gasteiger charge is 2.15. The van der Waals surface area contributed by atoms with Crippen LogP contribution in [0.2, 0.25) is 0 Å². The van der Waals surface area contributed by atoms with E-state index in [1.165, 1.54) is 4.52 Å². The number of carbonyl (C=O) groups excluding carboxylic acids is 1. The third kappa shape index (κ3) is 3.56. The molecule has 1 amide bonds. The van der Waals surface area contributed by atoms with Gasteiger partial charge >= 0.3 is 0 Å². The second kappa shape index (κ2) is 7.35. The van der Waals surface area contributed by atoms with Crippen LogP contribution in [0.4, 0.5) is 5.82 Å². The number of nitrogens with zero attached hydrogens (tertiary/aromatic N) is 3. The van der Waals surface area contributed by atoms with Crippen molar-refractivity contribution in [3.8, 4) is 17.3 Å². The average Bonchev–Trinajstić information content (AvgIpc) is 3.32. The van der Waals surface area contributed by atoms with Crippen LogP contribution in [0.5, 0.6) is 5.75 Å². The van der Waals surface area contributed by atoms with Gasteiger partial charge in [-0.15, -0.1) is 5.10 Å². The molecule has 0 atom stereocenters. The molecule has 0 radical (unpaired) electrons. The third-order valence-corrected chi connectivity index (χ3v) is 4.56. The van der Waals surface area contributed by atoms with Crippen molar-refractivity contribution in [1.29, 1.82) is 0 Å². The van der Waals surface area contributed by atoms with Gasteiger partial charge in [-0.2, -0.15) is 4.52 Å². The lowest BCUT2D eigenvalue weighted by Crippen LogP contribution is -2.23. The molecule has 3 aromatic heterocycles. The number of fused-ring (bicyclic) bond motifs is 1. The number of pyridine rings is 1. The summed E-state index contributed by atoms with van der Waals surface area (Å²) in [6.07, 6.45) is 0. The minimum Gasteiger partial charge on any atom is -0.497 e. The summed E-state index contributed by atoms with van der Waals surface area (Å²) < 4.78 is 12.6. The normalized spacial score (nSPS) is 10.9. The van der Waals surface area contributed by atoms with Crippen LogP contribution in [-0.4, -0.2) is 27.6 Å². The number of nitrogens with one attached hydrogen (secondary N) is 1. The zero-order valence-electron chi connectivity index (χ0n) is 14.8. The minimum atomic E-state index is -0.254. The second-order valence-electron chi connectivity index (χ2n) is 6.01. The first-order chi connectivity index (χ1) is 13.5. The number of methoxy groups -OCH3 is 1. The number of benzene rings is 1. The number of carbonyl (C=O) groups is 1. The molecule has 0 aliphatic heterocycles. The maximum atomic E-state index is 12.5. The van der Waals surface area contributed by atoms with E-state index in [0.29, 0.717) is 39.8 Å². The predicted molar refractivity (Wildman–Crippen MR) is 107 cm³/mol. The standard InChI is InChI=1S/C19H16BrN5O3/c1-27-13-4-2-11(3-5-13)10-22-19(26)12-8-16(21)25-17(9-12)23-18(24-25)14-6-7-15(20)28-14/h2-9H,10,21H2,1H3,(H,22,26). The monoisotopic (exact) mass is 441 g/mol. The molecule has 0 aliphatic rings. The van der Waals surface area contributed by atoms with Crippen molar-refractivity contribution in [1.82, 2.24) is 19.9 Å². The molecule has 0 fully saturated rings. The maximum absolute atomic E-state index is 12.5. The van der Waals surface area contributed by atoms with Gasteiger partial charge < -0.3 is 20.2 Å². The predicted octanol–water partition coefficient (Wildman–Crippen LogP) is 3.27. The molecule has 0 aliphatic carbocycles. The van der Waals surface area contributed by atoms with E-state index in [-0.39, 0.29) is 5.91 Å². The van der Waals surface area contributed by atoms with Gasteiger partial charge in [-0.05, 0) is 57.9 Å². The fraction of sp³-hybridized carbons (Fsp3) is 0.105. The van der Waals surface area contributed by atoms with Gasteiger partial charge in [-0.25, -0.2) is 4.98 Å². The summed E-state index contributed by atoms with van der Waals surface area (Å²) in [4.78, 5) is 16.9. The lowest BCUT2D eigenvalue weighted by atomic mass is 10.2. The molecular weight excluding hydrogens is 426 g/mol. The van der Waals surface area contributed by atoms with Crippen LogP contribution >= 0.6 is 15.9 Å². The Bertz CT molecular complexity index is 1150. The topological polar surface area (TPSA) is 108 Å². The van der Waals surface area contributed by atoms with Crippen LogP contribution in [0.25, 0.3) is 17.2 Å². The van der Waals surface area contributed by atoms with Crippen LogP contribution in [0.1, 0.15) is 15.9 Å². The van der Waals surface area contributed by atoms with E-state index in [1.807, 2.05) is 24.3 Å². The quantitative estimate of drug-likeness (QED) is 0.491. The number of hydrogen-bond acceptors (Lipinski definition) is 6. The van der Waals surface area contributed by atoms with E-state index in [9.17, 15) is 4.79 Å². The largest absolute Gasteiger partial charge is 0.497 e. The fourth-order valence-electron chi connectivity index (χ4n) is 2.71. The van der Waals surface area contributed by atoms with Crippen molar-refractivity contribution < 1.29 is 13.9 Å². The van der Waals surface area contributed by atoms with Gasteiger partial charge in [-0.3, -0.25) is 4.79 Å². The summed E-state index contributed by atoms with van der Waals surface area (Å²) in [5.74, 6) is 1.69. The Hall–Kier alpha value is -3.33. The zero-order valence-corrected chi connectivity index (χ0v) is 16.4. The number of aromatic nitrogens is 3. The van der Waals surface area contributed by atoms with E-state index < -0.39 is 0 Å². The van der Waals surface area contributed by atoms with Crippen molar-refractivity contribution in [2.24, 2.45) is 0 Å². The fourth-order valence-corrected chi connectivity index (χ4v) is 3.01. The molecule has 9 heteroatoms. The van der Waals surface area contributed by atoms with Gasteiger partial charge in [-0.1, -0.05) is 12.1 Å². The maximum Gasteiger partial charge on any atom is 0.251 e. The van der Waals surface area contributed by atoms with Gasteiger partial charge in [0.25, 0.3) is 5.91 Å². The van der Waals surface area contributed by atoms with Gasteiger partial charge in [0.05, 0.1) is 7.11 Å². The molecule has 3 heterocycles. The highest BCUT2D eigenvalue weighted by atomic mass is 79.9. The molecule has 28 heavy (non-hydrogen) atoms. The zero-order chi connectivity index (χ0) is 19.7. The molecule has 3 N–H and O–H groups in total. The summed E-state index contributed by atoms with van der Waals surface area (Å²) in [6.45, 7) is 0.381. The first-order valence-corrected chi connectivity index (χ1v) is 9.16. The Morgan fingerprint density at radius 3 is 2.71 bits per heavy atom. The van der Waals surface area contributed by atoms with Crippen molar-refractivity contribution >= 4 is 33.3 Å². The van der Waals surface area contributed by atoms with Crippen LogP contribution in [0.3, 0.4) is 0 Å². The number of halogens is 1. The number of furan rings is 1. The van der Waals surface area contributed by atoms with Crippen molar-refractivity contribution in [2.45, 2.75) is 6.54 Å². The van der Waals surface area contributed by atoms with Crippen molar-refractivity contribution in [2.75, 3.05) is 12.8 Å². The molecule has 1 aromatic carbocycles. The Labute approximate surface area is 168 Å². The van der Waals surface area contributed by atoms with Crippen molar-refractivity contribution in [3.05, 3.63) is 64.3 Å². The number of anilines is 1. The Morgan fingerprint density at radius 1 is 1.25 bits per heavy atom. The highest BCUT2D eigenvalue weighted by Crippen LogP contribution is 2.24. The molecule has 142 valence electrons. The highest BCUT2D eigenvalue weighted by molar-refractivity contribution is 9.10. The number of rotatable bonds is 5. The van der Waals surface area contributed by atoms with Crippen LogP contribution in [0.15, 0.2) is 57.6 Å². The summed E-state index contributed by atoms with van der Waals surface area (Å²) in [6, 6.07) is 14.2. The first kappa shape index (κ1) is 18.1. The molecule has 0 saturated carbocycles. The average molecular weight is 442 g/mol. The summed E-state index contributed by atoms with van der Waals surface area (Å²) in [5.41, 5.74) is 7.87. The summed E-state index contributed by atoms with van der Waals surface area (Å²) in [5, 5.41) is 7.20. The van der Waals surface area contributed by atoms with Crippen LogP contribution in [-0.2, 0) is 6.54 Å². The minimum absolute atomic E-state index is 0.254. The molecule has 0 spiro atoms. The Kier molecular flexibility index (Phi) is 4.74. The molecular formula is C19H16BrN5O3. The van der Waals surface area contributed by atoms with E-state index >= 15 is 0 Å². The molecule has 0 unspecified atom stereocenters. The van der Waals surface area contributed by atoms with Gasteiger partial charge in [0.1, 0.15) is 11.6 Å². The van der Waals surface area contributed by atoms with Gasteiger partial charge in [0, 0.05) is 12.1 Å². The SMILES string of the molecule is COc1ccc(CNC(=O)c2cc(N)n3nc(-c4ccc(Br)o4)nc3c2)cc1. The summed E-state index contributed by atoms with van der Waals surface area (Å²) >= 11 is 3.25. The number of nitrogen functional groups attached to an aromatic ring is 1. The van der Waals surface area contributed by atoms with E-state index in [2.05, 4.69) is 31.3 Å². The second-order valence-corrected chi connectivity index (χ2v) is 6.79. The van der Waals surface area contributed by atoms with E-state index in [0.717, 1.165) is 11.3 Å². The molecule has 8 nitrogen and oxygen atoms in total. The van der Waals surface area contributed by atoms with Crippen LogP contribution < -0.4 is 15.8 Å². The number of hydrogen-bond donors (Lipinski definition) is 2. The lowest BCUT2D eigenvalue weighted by Gasteiger charge is -2.07. The third-order valence-electron chi connectivity index (χ3n) is 4.13. The molecule has 4 aromatic rings. The van der Waals surface area contributed by atoms with Crippen LogP contribution in [0, 0.1) is 0 Å². The lowest BCUT2D eigenvalue weighted by molar-refractivity contribution is 0.0951. The molecule has 0 saturated heterocycles. The smallest absolute Gasteiger partial charge is 0.251 e. The Morgan fingerprint density at radius 2 is 2.04 bits per heavy atom. The number of ether oxygens (including phenoxy) is 1. The van der Waals surface area contributed by atoms with E-state index in [1.54, 1.807) is 31.4 Å². The molecule has 0 bridgehead atoms. The van der Waals surface area contributed by atoms with Gasteiger partial charge in [0.15, 0.2) is 16.1 Å². The summed E-state index contributed by atoms with van der Waals surface area (Å²) in [7, 11) is 1.61. The van der Waals surface area contributed by atoms with Gasteiger partial charge in [0.2, 0.25) is 5.82 Å². The Balaban J connectivity index is 1.55. The van der Waals surface area contributed by atoms with Crippen molar-refractivity contribution in [3.63, 3.8) is 0 Å². The number of nitrogens with two attached hydrogens (primary N) is 1. The first-order valence-electron chi connectivity index (χ1n) is 8.36. The molecule has 4 rings (SSSR count). The van der Waals surface area contributed by atoms with E-state index in [4.69, 9.17) is 14.9 Å².